The molecule has 1 rings (SSSR count). The fourth-order valence-electron chi connectivity index (χ4n) is 2.05. The molecule has 1 amide bonds. The second-order valence-corrected chi connectivity index (χ2v) is 4.57. The molecule has 0 radical (unpaired) electrons. The Morgan fingerprint density at radius 3 is 2.89 bits per heavy atom. The smallest absolute Gasteiger partial charge is 0.305 e. The predicted molar refractivity (Wildman–Crippen MR) is 66.3 cm³/mol. The third-order valence-corrected chi connectivity index (χ3v) is 3.04. The molecule has 104 valence electrons. The molecular formula is C12H22N2O4. The summed E-state index contributed by atoms with van der Waals surface area (Å²) >= 11 is 0. The minimum absolute atomic E-state index is 0.00509. The van der Waals surface area contributed by atoms with E-state index in [-0.39, 0.29) is 24.3 Å². The van der Waals surface area contributed by atoms with Gasteiger partial charge in [-0.15, -0.1) is 0 Å². The molecule has 0 aliphatic carbocycles. The molecule has 1 heterocycles. The number of hydrogen-bond donors (Lipinski definition) is 2. The topological polar surface area (TPSA) is 78.9 Å². The Kier molecular flexibility index (Phi) is 6.07. The summed E-state index contributed by atoms with van der Waals surface area (Å²) in [5.41, 5.74) is 0. The molecule has 0 aromatic carbocycles. The van der Waals surface area contributed by atoms with Crippen molar-refractivity contribution in [1.29, 1.82) is 0 Å². The molecule has 0 aromatic rings. The van der Waals surface area contributed by atoms with Crippen molar-refractivity contribution < 1.29 is 19.4 Å². The molecule has 1 fully saturated rings. The second kappa shape index (κ2) is 7.33. The van der Waals surface area contributed by atoms with E-state index in [1.54, 1.807) is 4.90 Å². The minimum atomic E-state index is -0.900. The Balaban J connectivity index is 2.58. The predicted octanol–water partition coefficient (Wildman–Crippen LogP) is -0.0659. The van der Waals surface area contributed by atoms with Crippen LogP contribution in [0, 0.1) is 5.92 Å². The van der Waals surface area contributed by atoms with Gasteiger partial charge >= 0.3 is 5.97 Å². The molecule has 0 saturated carbocycles. The highest BCUT2D eigenvalue weighted by Gasteiger charge is 2.31. The van der Waals surface area contributed by atoms with E-state index in [9.17, 15) is 9.59 Å². The quantitative estimate of drug-likeness (QED) is 0.697. The molecule has 1 aliphatic heterocycles. The number of ether oxygens (including phenoxy) is 1. The van der Waals surface area contributed by atoms with Gasteiger partial charge < -0.3 is 20.1 Å². The van der Waals surface area contributed by atoms with Crippen LogP contribution in [0.4, 0.5) is 0 Å². The Bertz CT molecular complexity index is 296. The van der Waals surface area contributed by atoms with Crippen LogP contribution in [0.5, 0.6) is 0 Å². The Hall–Kier alpha value is -1.14. The van der Waals surface area contributed by atoms with Gasteiger partial charge in [0.2, 0.25) is 5.91 Å². The molecule has 2 N–H and O–H groups in total. The number of nitrogens with one attached hydrogen (secondary N) is 1. The number of amides is 1. The van der Waals surface area contributed by atoms with Gasteiger partial charge in [-0.3, -0.25) is 9.59 Å². The van der Waals surface area contributed by atoms with Gasteiger partial charge in [0.15, 0.2) is 0 Å². The van der Waals surface area contributed by atoms with Crippen LogP contribution in [0.25, 0.3) is 0 Å². The van der Waals surface area contributed by atoms with E-state index in [1.807, 2.05) is 13.8 Å². The van der Waals surface area contributed by atoms with Crippen molar-refractivity contribution in [1.82, 2.24) is 10.2 Å². The molecule has 18 heavy (non-hydrogen) atoms. The third kappa shape index (κ3) is 4.27. The molecule has 0 aromatic heterocycles. The Labute approximate surface area is 107 Å². The van der Waals surface area contributed by atoms with Crippen LogP contribution in [-0.2, 0) is 14.3 Å². The summed E-state index contributed by atoms with van der Waals surface area (Å²) in [5.74, 6) is -1.03. The van der Waals surface area contributed by atoms with Crippen molar-refractivity contribution in [2.24, 2.45) is 5.92 Å². The van der Waals surface area contributed by atoms with Crippen molar-refractivity contribution in [3.63, 3.8) is 0 Å². The monoisotopic (exact) mass is 258 g/mol. The molecule has 2 atom stereocenters. The zero-order valence-corrected chi connectivity index (χ0v) is 11.0. The van der Waals surface area contributed by atoms with Crippen LogP contribution in [0.15, 0.2) is 0 Å². The number of carboxylic acids is 1. The van der Waals surface area contributed by atoms with Crippen LogP contribution in [0.1, 0.15) is 20.3 Å². The molecule has 0 bridgehead atoms. The number of aliphatic carboxylic acids is 1. The van der Waals surface area contributed by atoms with Crippen molar-refractivity contribution in [2.75, 3.05) is 32.8 Å². The first-order valence-electron chi connectivity index (χ1n) is 6.37. The summed E-state index contributed by atoms with van der Waals surface area (Å²) in [6.45, 7) is 6.55. The van der Waals surface area contributed by atoms with Gasteiger partial charge in [0, 0.05) is 19.0 Å². The number of hydrogen-bond acceptors (Lipinski definition) is 4. The van der Waals surface area contributed by atoms with Gasteiger partial charge in [-0.25, -0.2) is 0 Å². The summed E-state index contributed by atoms with van der Waals surface area (Å²) in [7, 11) is 0. The van der Waals surface area contributed by atoms with Crippen LogP contribution in [0.3, 0.4) is 0 Å². The van der Waals surface area contributed by atoms with Gasteiger partial charge in [-0.05, 0) is 6.54 Å². The lowest BCUT2D eigenvalue weighted by molar-refractivity contribution is -0.148. The Morgan fingerprint density at radius 1 is 1.56 bits per heavy atom. The van der Waals surface area contributed by atoms with E-state index in [1.165, 1.54) is 0 Å². The van der Waals surface area contributed by atoms with Crippen LogP contribution < -0.4 is 5.32 Å². The van der Waals surface area contributed by atoms with E-state index >= 15 is 0 Å². The maximum absolute atomic E-state index is 12.2. The highest BCUT2D eigenvalue weighted by atomic mass is 16.5. The highest BCUT2D eigenvalue weighted by Crippen LogP contribution is 2.14. The summed E-state index contributed by atoms with van der Waals surface area (Å²) in [6, 6.07) is -0.340. The first-order valence-corrected chi connectivity index (χ1v) is 6.37. The van der Waals surface area contributed by atoms with Gasteiger partial charge in [-0.2, -0.15) is 0 Å². The molecule has 6 heteroatoms. The standard InChI is InChI=1S/C12H22N2O4/c1-3-13-7-9(2)12(17)14-4-5-18-8-10(14)6-11(15)16/h9-10,13H,3-8H2,1-2H3,(H,15,16). The fraction of sp³-hybridized carbons (Fsp3) is 0.833. The normalized spacial score (nSPS) is 21.7. The van der Waals surface area contributed by atoms with Gasteiger partial charge in [0.1, 0.15) is 0 Å². The van der Waals surface area contributed by atoms with Crippen LogP contribution >= 0.6 is 0 Å². The summed E-state index contributed by atoms with van der Waals surface area (Å²) < 4.78 is 5.25. The molecule has 6 nitrogen and oxygen atoms in total. The first-order chi connectivity index (χ1) is 8.56. The number of carboxylic acid groups (broad SMARTS) is 1. The highest BCUT2D eigenvalue weighted by molar-refractivity contribution is 5.80. The number of rotatable bonds is 6. The zero-order chi connectivity index (χ0) is 13.5. The Morgan fingerprint density at radius 2 is 2.28 bits per heavy atom. The van der Waals surface area contributed by atoms with E-state index in [0.717, 1.165) is 6.54 Å². The summed E-state index contributed by atoms with van der Waals surface area (Å²) in [4.78, 5) is 24.7. The van der Waals surface area contributed by atoms with Gasteiger partial charge in [0.05, 0.1) is 25.7 Å². The van der Waals surface area contributed by atoms with Gasteiger partial charge in [0.25, 0.3) is 0 Å². The zero-order valence-electron chi connectivity index (χ0n) is 11.0. The maximum atomic E-state index is 12.2. The minimum Gasteiger partial charge on any atom is -0.481 e. The fourth-order valence-corrected chi connectivity index (χ4v) is 2.05. The SMILES string of the molecule is CCNCC(C)C(=O)N1CCOCC1CC(=O)O. The second-order valence-electron chi connectivity index (χ2n) is 4.57. The van der Waals surface area contributed by atoms with Crippen molar-refractivity contribution in [2.45, 2.75) is 26.3 Å². The lowest BCUT2D eigenvalue weighted by Gasteiger charge is -2.36. The number of carbonyl (C=O) groups excluding carboxylic acids is 1. The molecular weight excluding hydrogens is 236 g/mol. The lowest BCUT2D eigenvalue weighted by Crippen LogP contribution is -2.52. The van der Waals surface area contributed by atoms with E-state index in [2.05, 4.69) is 5.32 Å². The molecule has 1 aliphatic rings. The van der Waals surface area contributed by atoms with Gasteiger partial charge in [-0.1, -0.05) is 13.8 Å². The third-order valence-electron chi connectivity index (χ3n) is 3.04. The maximum Gasteiger partial charge on any atom is 0.305 e. The summed E-state index contributed by atoms with van der Waals surface area (Å²) in [6.07, 6.45) is -0.0559. The van der Waals surface area contributed by atoms with Crippen molar-refractivity contribution >= 4 is 11.9 Å². The number of nitrogens with zero attached hydrogens (tertiary/aromatic N) is 1. The number of morpholine rings is 1. The lowest BCUT2D eigenvalue weighted by atomic mass is 10.1. The number of carbonyl (C=O) groups is 2. The molecule has 1 saturated heterocycles. The first kappa shape index (κ1) is 14.9. The largest absolute Gasteiger partial charge is 0.481 e. The average molecular weight is 258 g/mol. The van der Waals surface area contributed by atoms with E-state index in [4.69, 9.17) is 9.84 Å². The van der Waals surface area contributed by atoms with E-state index < -0.39 is 5.97 Å². The van der Waals surface area contributed by atoms with Crippen LogP contribution in [0.2, 0.25) is 0 Å². The van der Waals surface area contributed by atoms with Crippen LogP contribution in [-0.4, -0.2) is 60.8 Å². The summed E-state index contributed by atoms with van der Waals surface area (Å²) in [5, 5.41) is 12.0. The van der Waals surface area contributed by atoms with E-state index in [0.29, 0.717) is 26.3 Å². The van der Waals surface area contributed by atoms with Crippen molar-refractivity contribution in [3.05, 3.63) is 0 Å². The average Bonchev–Trinajstić information content (AvgIpc) is 2.35. The van der Waals surface area contributed by atoms with Crippen molar-refractivity contribution in [3.8, 4) is 0 Å². The molecule has 2 unspecified atom stereocenters. The molecule has 0 spiro atoms.